The van der Waals surface area contributed by atoms with Gasteiger partial charge in [-0.05, 0) is 19.8 Å². The summed E-state index contributed by atoms with van der Waals surface area (Å²) in [6.07, 6.45) is 2.99. The predicted molar refractivity (Wildman–Crippen MR) is 85.6 cm³/mol. The van der Waals surface area contributed by atoms with Crippen molar-refractivity contribution in [3.05, 3.63) is 17.0 Å². The molecule has 1 amide bonds. The molecule has 0 saturated heterocycles. The molecule has 2 rings (SSSR count). The average molecular weight is 329 g/mol. The molecule has 8 heteroatoms. The van der Waals surface area contributed by atoms with E-state index in [1.54, 1.807) is 0 Å². The van der Waals surface area contributed by atoms with Crippen LogP contribution < -0.4 is 16.4 Å². The molecule has 0 bridgehead atoms. The molecule has 0 aliphatic heterocycles. The van der Waals surface area contributed by atoms with Crippen molar-refractivity contribution < 1.29 is 13.2 Å². The molecule has 0 atom stereocenters. The highest BCUT2D eigenvalue weighted by atomic mass is 32.2. The van der Waals surface area contributed by atoms with Gasteiger partial charge in [-0.2, -0.15) is 0 Å². The molecule has 0 aromatic carbocycles. The molecular weight excluding hydrogens is 310 g/mol. The molecule has 0 spiro atoms. The van der Waals surface area contributed by atoms with E-state index in [0.717, 1.165) is 36.0 Å². The second kappa shape index (κ2) is 5.69. The first-order valence-electron chi connectivity index (χ1n) is 6.51. The van der Waals surface area contributed by atoms with Crippen molar-refractivity contribution >= 4 is 37.8 Å². The van der Waals surface area contributed by atoms with Gasteiger partial charge in [0.1, 0.15) is 14.8 Å². The lowest BCUT2D eigenvalue weighted by Crippen LogP contribution is -2.25. The third kappa shape index (κ3) is 3.76. The van der Waals surface area contributed by atoms with E-state index >= 15 is 0 Å². The van der Waals surface area contributed by atoms with Crippen molar-refractivity contribution in [2.24, 2.45) is 0 Å². The van der Waals surface area contributed by atoms with Gasteiger partial charge in [-0.25, -0.2) is 8.42 Å². The zero-order valence-corrected chi connectivity index (χ0v) is 13.7. The Morgan fingerprint density at radius 3 is 2.57 bits per heavy atom. The van der Waals surface area contributed by atoms with E-state index in [9.17, 15) is 13.2 Å². The summed E-state index contributed by atoms with van der Waals surface area (Å²) in [6.45, 7) is 6.00. The Morgan fingerprint density at radius 2 is 2.10 bits per heavy atom. The first-order chi connectivity index (χ1) is 9.70. The molecule has 1 aromatic heterocycles. The lowest BCUT2D eigenvalue weighted by Gasteiger charge is -2.06. The molecule has 21 heavy (non-hydrogen) atoms. The van der Waals surface area contributed by atoms with E-state index in [1.165, 1.54) is 0 Å². The molecule has 1 saturated carbocycles. The average Bonchev–Trinajstić information content (AvgIpc) is 3.07. The fraction of sp³-hybridized carbons (Fsp3) is 0.462. The summed E-state index contributed by atoms with van der Waals surface area (Å²) in [4.78, 5) is 12.4. The van der Waals surface area contributed by atoms with Gasteiger partial charge in [-0.1, -0.05) is 12.2 Å². The highest BCUT2D eigenvalue weighted by Gasteiger charge is 2.30. The van der Waals surface area contributed by atoms with E-state index in [0.29, 0.717) is 11.5 Å². The summed E-state index contributed by atoms with van der Waals surface area (Å²) in [7, 11) is -3.52. The van der Waals surface area contributed by atoms with Crippen LogP contribution in [0.15, 0.2) is 17.0 Å². The number of hydrogen-bond acceptors (Lipinski definition) is 6. The van der Waals surface area contributed by atoms with E-state index < -0.39 is 9.84 Å². The summed E-state index contributed by atoms with van der Waals surface area (Å²) < 4.78 is 23.8. The first-order valence-corrected chi connectivity index (χ1v) is 9.22. The van der Waals surface area contributed by atoms with Gasteiger partial charge < -0.3 is 16.4 Å². The topological polar surface area (TPSA) is 101 Å². The van der Waals surface area contributed by atoms with Crippen LogP contribution in [0.5, 0.6) is 0 Å². The third-order valence-corrected chi connectivity index (χ3v) is 5.40. The maximum Gasteiger partial charge on any atom is 0.263 e. The van der Waals surface area contributed by atoms with Crippen LogP contribution in [0.3, 0.4) is 0 Å². The van der Waals surface area contributed by atoms with E-state index in [1.807, 2.05) is 6.92 Å². The van der Waals surface area contributed by atoms with Gasteiger partial charge in [-0.15, -0.1) is 11.3 Å². The van der Waals surface area contributed by atoms with Gasteiger partial charge in [-0.3, -0.25) is 4.79 Å². The molecule has 0 radical (unpaired) electrons. The Morgan fingerprint density at radius 1 is 1.48 bits per heavy atom. The largest absolute Gasteiger partial charge is 0.396 e. The Hall–Kier alpha value is -1.54. The van der Waals surface area contributed by atoms with Crippen molar-refractivity contribution in [1.29, 1.82) is 0 Å². The molecule has 116 valence electrons. The van der Waals surface area contributed by atoms with Crippen LogP contribution in [0, 0.1) is 0 Å². The SMILES string of the molecule is C=C(C)CNc1sc(C(=O)NC2CC2)c(N)c1S(C)(=O)=O. The Kier molecular flexibility index (Phi) is 4.29. The van der Waals surface area contributed by atoms with Gasteiger partial charge in [0.25, 0.3) is 5.91 Å². The third-order valence-electron chi connectivity index (χ3n) is 2.94. The number of hydrogen-bond donors (Lipinski definition) is 3. The van der Waals surface area contributed by atoms with E-state index in [-0.39, 0.29) is 27.4 Å². The quantitative estimate of drug-likeness (QED) is 0.688. The Labute approximate surface area is 128 Å². The molecule has 0 unspecified atom stereocenters. The molecule has 6 nitrogen and oxygen atoms in total. The standard InChI is InChI=1S/C13H19N3O3S2/c1-7(2)6-15-13-11(21(3,18)19)9(14)10(20-13)12(17)16-8-4-5-8/h8,15H,1,4-6,14H2,2-3H3,(H,16,17). The zero-order chi connectivity index (χ0) is 15.8. The second-order valence-corrected chi connectivity index (χ2v) is 8.31. The number of anilines is 2. The molecule has 1 aliphatic carbocycles. The molecule has 1 heterocycles. The van der Waals surface area contributed by atoms with Crippen LogP contribution >= 0.6 is 11.3 Å². The fourth-order valence-electron chi connectivity index (χ4n) is 1.79. The summed E-state index contributed by atoms with van der Waals surface area (Å²) in [5.74, 6) is -0.312. The fourth-order valence-corrected chi connectivity index (χ4v) is 4.26. The highest BCUT2D eigenvalue weighted by molar-refractivity contribution is 7.91. The number of carbonyl (C=O) groups excluding carboxylic acids is 1. The van der Waals surface area contributed by atoms with Crippen LogP contribution in [-0.4, -0.2) is 33.2 Å². The summed E-state index contributed by atoms with van der Waals surface area (Å²) in [5.41, 5.74) is 6.77. The van der Waals surface area contributed by atoms with Crippen molar-refractivity contribution in [2.45, 2.75) is 30.7 Å². The van der Waals surface area contributed by atoms with Crippen molar-refractivity contribution in [3.63, 3.8) is 0 Å². The number of sulfone groups is 1. The monoisotopic (exact) mass is 329 g/mol. The maximum absolute atomic E-state index is 12.1. The summed E-state index contributed by atoms with van der Waals surface area (Å²) in [5, 5.41) is 6.19. The number of nitrogens with one attached hydrogen (secondary N) is 2. The lowest BCUT2D eigenvalue weighted by atomic mass is 10.3. The molecule has 1 aliphatic rings. The van der Waals surface area contributed by atoms with Gasteiger partial charge in [0.2, 0.25) is 0 Å². The van der Waals surface area contributed by atoms with Crippen LogP contribution in [0.25, 0.3) is 0 Å². The van der Waals surface area contributed by atoms with Crippen molar-refractivity contribution in [3.8, 4) is 0 Å². The molecule has 1 aromatic rings. The van der Waals surface area contributed by atoms with Crippen molar-refractivity contribution in [1.82, 2.24) is 5.32 Å². The lowest BCUT2D eigenvalue weighted by molar-refractivity contribution is 0.0956. The number of nitrogens with two attached hydrogens (primary N) is 1. The zero-order valence-electron chi connectivity index (χ0n) is 12.0. The second-order valence-electron chi connectivity index (χ2n) is 5.33. The number of amides is 1. The highest BCUT2D eigenvalue weighted by Crippen LogP contribution is 2.39. The Bertz CT molecular complexity index is 688. The minimum Gasteiger partial charge on any atom is -0.396 e. The van der Waals surface area contributed by atoms with Gasteiger partial charge in [0.15, 0.2) is 9.84 Å². The van der Waals surface area contributed by atoms with E-state index in [4.69, 9.17) is 5.73 Å². The minimum absolute atomic E-state index is 0.00491. The Balaban J connectivity index is 2.38. The van der Waals surface area contributed by atoms with Crippen LogP contribution in [0.4, 0.5) is 10.7 Å². The summed E-state index contributed by atoms with van der Waals surface area (Å²) in [6, 6.07) is 0.188. The molecule has 1 fully saturated rings. The van der Waals surface area contributed by atoms with Crippen LogP contribution in [0.2, 0.25) is 0 Å². The van der Waals surface area contributed by atoms with Gasteiger partial charge >= 0.3 is 0 Å². The number of thiophene rings is 1. The predicted octanol–water partition coefficient (Wildman–Crippen LogP) is 1.61. The maximum atomic E-state index is 12.1. The number of carbonyl (C=O) groups is 1. The van der Waals surface area contributed by atoms with Gasteiger partial charge in [0, 0.05) is 18.8 Å². The molecular formula is C13H19N3O3S2. The number of nitrogen functional groups attached to an aromatic ring is 1. The van der Waals surface area contributed by atoms with Crippen LogP contribution in [-0.2, 0) is 9.84 Å². The van der Waals surface area contributed by atoms with E-state index in [2.05, 4.69) is 17.2 Å². The minimum atomic E-state index is -3.52. The van der Waals surface area contributed by atoms with Crippen molar-refractivity contribution in [2.75, 3.05) is 23.9 Å². The summed E-state index contributed by atoms with van der Waals surface area (Å²) >= 11 is 1.06. The smallest absolute Gasteiger partial charge is 0.263 e. The molecule has 4 N–H and O–H groups in total. The number of rotatable bonds is 6. The first kappa shape index (κ1) is 15.8. The normalized spacial score (nSPS) is 14.8. The van der Waals surface area contributed by atoms with Crippen LogP contribution in [0.1, 0.15) is 29.4 Å². The van der Waals surface area contributed by atoms with Gasteiger partial charge in [0.05, 0.1) is 5.69 Å².